The van der Waals surface area contributed by atoms with Crippen molar-refractivity contribution in [1.82, 2.24) is 4.98 Å². The number of halogens is 1. The number of unbranched alkanes of at least 4 members (excludes halogenated alkanes) is 1. The van der Waals surface area contributed by atoms with Gasteiger partial charge in [-0.1, -0.05) is 25.5 Å². The molecule has 0 spiro atoms. The number of rotatable bonds is 9. The number of anilines is 2. The summed E-state index contributed by atoms with van der Waals surface area (Å²) >= 11 is 0. The van der Waals surface area contributed by atoms with E-state index >= 15 is 0 Å². The number of aryl methyl sites for hydroxylation is 2. The molecule has 3 rings (SSSR count). The standard InChI is InChI=1S/C23H27FN2O3S/c1-4-5-7-17-15-25-23-19(8-6-9-21(23)29-12-13-30(3,27)28)22(17)26-20-11-10-18(24)14-16(20)2/h6,8-11,14-15H,4-5,7,12-13H2,1-3H3,(H,25,26). The van der Waals surface area contributed by atoms with Crippen molar-refractivity contribution in [2.75, 3.05) is 23.9 Å². The Balaban J connectivity index is 2.03. The van der Waals surface area contributed by atoms with Gasteiger partial charge in [-0.05, 0) is 55.2 Å². The Morgan fingerprint density at radius 3 is 2.70 bits per heavy atom. The summed E-state index contributed by atoms with van der Waals surface area (Å²) in [5.74, 6) is 0.208. The largest absolute Gasteiger partial charge is 0.490 e. The molecule has 0 bridgehead atoms. The number of para-hydroxylation sites is 1. The Labute approximate surface area is 177 Å². The Hall–Kier alpha value is -2.67. The molecular weight excluding hydrogens is 403 g/mol. The lowest BCUT2D eigenvalue weighted by Crippen LogP contribution is -2.12. The SMILES string of the molecule is CCCCc1cnc2c(OCCS(C)(=O)=O)cccc2c1Nc1ccc(F)cc1C. The molecule has 2 aromatic carbocycles. The van der Waals surface area contributed by atoms with Gasteiger partial charge in [-0.15, -0.1) is 0 Å². The van der Waals surface area contributed by atoms with Crippen molar-refractivity contribution >= 4 is 32.1 Å². The minimum Gasteiger partial charge on any atom is -0.490 e. The molecule has 0 amide bonds. The molecule has 0 aliphatic carbocycles. The van der Waals surface area contributed by atoms with Crippen LogP contribution in [0.15, 0.2) is 42.6 Å². The van der Waals surface area contributed by atoms with Crippen LogP contribution in [0.2, 0.25) is 0 Å². The number of aromatic nitrogens is 1. The van der Waals surface area contributed by atoms with Gasteiger partial charge in [-0.3, -0.25) is 4.98 Å². The third kappa shape index (κ3) is 5.48. The van der Waals surface area contributed by atoms with Crippen molar-refractivity contribution in [3.63, 3.8) is 0 Å². The molecule has 1 heterocycles. The second-order valence-corrected chi connectivity index (χ2v) is 9.74. The highest BCUT2D eigenvalue weighted by molar-refractivity contribution is 7.90. The molecule has 1 aromatic heterocycles. The van der Waals surface area contributed by atoms with E-state index in [0.717, 1.165) is 47.2 Å². The van der Waals surface area contributed by atoms with Crippen molar-refractivity contribution in [3.05, 3.63) is 59.5 Å². The van der Waals surface area contributed by atoms with Crippen LogP contribution in [-0.2, 0) is 16.3 Å². The van der Waals surface area contributed by atoms with Crippen LogP contribution in [0, 0.1) is 12.7 Å². The average Bonchev–Trinajstić information content (AvgIpc) is 2.68. The summed E-state index contributed by atoms with van der Waals surface area (Å²) in [6.45, 7) is 4.07. The smallest absolute Gasteiger partial charge is 0.150 e. The number of hydrogen-bond acceptors (Lipinski definition) is 5. The first-order valence-corrected chi connectivity index (χ1v) is 12.1. The zero-order valence-corrected chi connectivity index (χ0v) is 18.4. The first kappa shape index (κ1) is 22.0. The van der Waals surface area contributed by atoms with Crippen molar-refractivity contribution < 1.29 is 17.5 Å². The van der Waals surface area contributed by atoms with Gasteiger partial charge in [0.1, 0.15) is 23.7 Å². The minimum atomic E-state index is -3.11. The summed E-state index contributed by atoms with van der Waals surface area (Å²) in [5.41, 5.74) is 4.28. The summed E-state index contributed by atoms with van der Waals surface area (Å²) in [4.78, 5) is 4.61. The number of sulfone groups is 1. The molecule has 0 atom stereocenters. The van der Waals surface area contributed by atoms with Gasteiger partial charge in [0, 0.05) is 23.5 Å². The molecule has 7 heteroatoms. The highest BCUT2D eigenvalue weighted by atomic mass is 32.2. The fraction of sp³-hybridized carbons (Fsp3) is 0.348. The van der Waals surface area contributed by atoms with E-state index in [2.05, 4.69) is 17.2 Å². The van der Waals surface area contributed by atoms with E-state index < -0.39 is 9.84 Å². The molecule has 0 saturated carbocycles. The van der Waals surface area contributed by atoms with E-state index in [4.69, 9.17) is 4.74 Å². The number of fused-ring (bicyclic) bond motifs is 1. The van der Waals surface area contributed by atoms with E-state index in [1.54, 1.807) is 12.1 Å². The van der Waals surface area contributed by atoms with Gasteiger partial charge in [-0.25, -0.2) is 12.8 Å². The lowest BCUT2D eigenvalue weighted by Gasteiger charge is -2.18. The van der Waals surface area contributed by atoms with Crippen LogP contribution in [0.3, 0.4) is 0 Å². The molecule has 0 aliphatic heterocycles. The monoisotopic (exact) mass is 430 g/mol. The summed E-state index contributed by atoms with van der Waals surface area (Å²) in [5, 5.41) is 4.35. The zero-order chi connectivity index (χ0) is 21.7. The van der Waals surface area contributed by atoms with Crippen LogP contribution in [0.4, 0.5) is 15.8 Å². The molecule has 0 fully saturated rings. The fourth-order valence-electron chi connectivity index (χ4n) is 3.26. The Morgan fingerprint density at radius 1 is 1.20 bits per heavy atom. The van der Waals surface area contributed by atoms with Gasteiger partial charge >= 0.3 is 0 Å². The van der Waals surface area contributed by atoms with Crippen molar-refractivity contribution in [2.24, 2.45) is 0 Å². The molecule has 0 radical (unpaired) electrons. The molecule has 0 unspecified atom stereocenters. The van der Waals surface area contributed by atoms with Crippen LogP contribution in [0.25, 0.3) is 10.9 Å². The van der Waals surface area contributed by atoms with Gasteiger partial charge < -0.3 is 10.1 Å². The third-order valence-corrected chi connectivity index (χ3v) is 5.81. The highest BCUT2D eigenvalue weighted by Crippen LogP contribution is 2.35. The van der Waals surface area contributed by atoms with Gasteiger partial charge in [-0.2, -0.15) is 0 Å². The van der Waals surface area contributed by atoms with Crippen LogP contribution < -0.4 is 10.1 Å². The average molecular weight is 431 g/mol. The number of hydrogen-bond donors (Lipinski definition) is 1. The topological polar surface area (TPSA) is 68.3 Å². The van der Waals surface area contributed by atoms with E-state index in [-0.39, 0.29) is 18.2 Å². The summed E-state index contributed by atoms with van der Waals surface area (Å²) < 4.78 is 42.1. The predicted molar refractivity (Wildman–Crippen MR) is 120 cm³/mol. The maximum absolute atomic E-state index is 13.5. The number of ether oxygens (including phenoxy) is 1. The minimum absolute atomic E-state index is 0.0577. The zero-order valence-electron chi connectivity index (χ0n) is 17.5. The van der Waals surface area contributed by atoms with E-state index in [0.29, 0.717) is 11.3 Å². The second kappa shape index (κ2) is 9.43. The molecule has 160 valence electrons. The van der Waals surface area contributed by atoms with Gasteiger partial charge in [0.2, 0.25) is 0 Å². The van der Waals surface area contributed by atoms with Gasteiger partial charge in [0.05, 0.1) is 11.4 Å². The maximum Gasteiger partial charge on any atom is 0.150 e. The third-order valence-electron chi connectivity index (χ3n) is 4.90. The van der Waals surface area contributed by atoms with Crippen molar-refractivity contribution in [1.29, 1.82) is 0 Å². The maximum atomic E-state index is 13.5. The lowest BCUT2D eigenvalue weighted by atomic mass is 10.0. The first-order chi connectivity index (χ1) is 14.3. The van der Waals surface area contributed by atoms with Crippen LogP contribution in [0.1, 0.15) is 30.9 Å². The molecule has 30 heavy (non-hydrogen) atoms. The van der Waals surface area contributed by atoms with Crippen LogP contribution in [0.5, 0.6) is 5.75 Å². The first-order valence-electron chi connectivity index (χ1n) is 10.0. The summed E-state index contributed by atoms with van der Waals surface area (Å²) in [6, 6.07) is 10.3. The molecule has 3 aromatic rings. The normalized spacial score (nSPS) is 11.6. The van der Waals surface area contributed by atoms with E-state index in [9.17, 15) is 12.8 Å². The molecule has 5 nitrogen and oxygen atoms in total. The lowest BCUT2D eigenvalue weighted by molar-refractivity contribution is 0.344. The predicted octanol–water partition coefficient (Wildman–Crippen LogP) is 5.19. The number of nitrogens with zero attached hydrogens (tertiary/aromatic N) is 1. The summed E-state index contributed by atoms with van der Waals surface area (Å²) in [6.07, 6.45) is 5.96. The van der Waals surface area contributed by atoms with Gasteiger partial charge in [0.15, 0.2) is 9.84 Å². The number of pyridine rings is 1. The van der Waals surface area contributed by atoms with Crippen molar-refractivity contribution in [2.45, 2.75) is 33.1 Å². The number of benzene rings is 2. The molecule has 0 saturated heterocycles. The molecule has 1 N–H and O–H groups in total. The van der Waals surface area contributed by atoms with Crippen molar-refractivity contribution in [3.8, 4) is 5.75 Å². The fourth-order valence-corrected chi connectivity index (χ4v) is 3.65. The quantitative estimate of drug-likeness (QED) is 0.506. The van der Waals surface area contributed by atoms with Crippen LogP contribution >= 0.6 is 0 Å². The Kier molecular flexibility index (Phi) is 6.92. The van der Waals surface area contributed by atoms with E-state index in [1.807, 2.05) is 25.3 Å². The highest BCUT2D eigenvalue weighted by Gasteiger charge is 2.14. The molecular formula is C23H27FN2O3S. The Morgan fingerprint density at radius 2 is 2.00 bits per heavy atom. The molecule has 0 aliphatic rings. The Bertz CT molecular complexity index is 1150. The second-order valence-electron chi connectivity index (χ2n) is 7.48. The van der Waals surface area contributed by atoms with Gasteiger partial charge in [0.25, 0.3) is 0 Å². The van der Waals surface area contributed by atoms with E-state index in [1.165, 1.54) is 18.4 Å². The number of nitrogens with one attached hydrogen (secondary N) is 1. The van der Waals surface area contributed by atoms with Crippen LogP contribution in [-0.4, -0.2) is 32.0 Å². The summed E-state index contributed by atoms with van der Waals surface area (Å²) in [7, 11) is -3.11.